The van der Waals surface area contributed by atoms with Crippen LogP contribution in [0.5, 0.6) is 0 Å². The molecule has 0 aliphatic carbocycles. The minimum Gasteiger partial charge on any atom is -0.325 e. The number of anilines is 1. The van der Waals surface area contributed by atoms with Gasteiger partial charge in [-0.15, -0.1) is 0 Å². The van der Waals surface area contributed by atoms with Crippen molar-refractivity contribution in [2.75, 3.05) is 5.32 Å². The summed E-state index contributed by atoms with van der Waals surface area (Å²) in [7, 11) is 0. The van der Waals surface area contributed by atoms with Gasteiger partial charge in [-0.2, -0.15) is 0 Å². The molecule has 0 saturated heterocycles. The molecular weight excluding hydrogens is 484 g/mol. The molecule has 1 N–H and O–H groups in total. The minimum atomic E-state index is -0.449. The number of carbonyl (C=O) groups excluding carboxylic acids is 1. The summed E-state index contributed by atoms with van der Waals surface area (Å²) in [5.74, 6) is 11.3. The van der Waals surface area contributed by atoms with Gasteiger partial charge < -0.3 is 5.32 Å². The Morgan fingerprint density at radius 3 is 1.92 bits per heavy atom. The Hall–Kier alpha value is -3.57. The van der Waals surface area contributed by atoms with E-state index in [0.29, 0.717) is 23.2 Å². The van der Waals surface area contributed by atoms with Crippen molar-refractivity contribution in [3.8, 4) is 23.7 Å². The number of unbranched alkanes of at least 4 members (excludes halogenated alkanes) is 14. The summed E-state index contributed by atoms with van der Waals surface area (Å²) in [5, 5.41) is 13.9. The number of non-ortho nitro benzene ring substituents is 1. The molecule has 1 amide bonds. The summed E-state index contributed by atoms with van der Waals surface area (Å²) >= 11 is 0. The highest BCUT2D eigenvalue weighted by molar-refractivity contribution is 5.92. The van der Waals surface area contributed by atoms with Gasteiger partial charge in [-0.25, -0.2) is 0 Å². The molecule has 0 atom stereocenters. The van der Waals surface area contributed by atoms with E-state index in [0.717, 1.165) is 12.8 Å². The molecule has 0 aromatic heterocycles. The van der Waals surface area contributed by atoms with E-state index in [-0.39, 0.29) is 11.6 Å². The number of amides is 1. The van der Waals surface area contributed by atoms with Gasteiger partial charge in [0.25, 0.3) is 5.69 Å². The average molecular weight is 529 g/mol. The molecule has 5 nitrogen and oxygen atoms in total. The van der Waals surface area contributed by atoms with Crippen molar-refractivity contribution in [3.63, 3.8) is 0 Å². The fourth-order valence-electron chi connectivity index (χ4n) is 4.47. The third kappa shape index (κ3) is 14.8. The average Bonchev–Trinajstić information content (AvgIpc) is 2.94. The summed E-state index contributed by atoms with van der Waals surface area (Å²) in [6.45, 7) is 2.27. The maximum atomic E-state index is 12.5. The predicted molar refractivity (Wildman–Crippen MR) is 161 cm³/mol. The van der Waals surface area contributed by atoms with Gasteiger partial charge in [0.2, 0.25) is 5.91 Å². The number of nitro benzene ring substituents is 1. The standard InChI is InChI=1S/C34H44N2O3/c1-2-3-4-5-6-7-8-9-10-11-12-13-14-15-16-28-34(37)35-33-27-20-19-25-31(33)24-18-17-22-30-23-21-26-32(29-30)36(38)39/h19-21,23,25-27,29H,2-16,28H2,1H3,(H,35,37). The van der Waals surface area contributed by atoms with Crippen molar-refractivity contribution in [1.29, 1.82) is 0 Å². The Kier molecular flexibility index (Phi) is 16.6. The largest absolute Gasteiger partial charge is 0.325 e. The van der Waals surface area contributed by atoms with E-state index >= 15 is 0 Å². The lowest BCUT2D eigenvalue weighted by molar-refractivity contribution is -0.384. The lowest BCUT2D eigenvalue weighted by atomic mass is 10.0. The highest BCUT2D eigenvalue weighted by atomic mass is 16.6. The highest BCUT2D eigenvalue weighted by Gasteiger charge is 2.06. The van der Waals surface area contributed by atoms with Crippen LogP contribution in [0.2, 0.25) is 0 Å². The summed E-state index contributed by atoms with van der Waals surface area (Å²) in [5.41, 5.74) is 1.89. The number of hydrogen-bond donors (Lipinski definition) is 1. The van der Waals surface area contributed by atoms with E-state index < -0.39 is 4.92 Å². The number of para-hydroxylation sites is 1. The number of carbonyl (C=O) groups is 1. The van der Waals surface area contributed by atoms with E-state index in [1.165, 1.54) is 95.6 Å². The van der Waals surface area contributed by atoms with Crippen LogP contribution in [0.25, 0.3) is 0 Å². The van der Waals surface area contributed by atoms with Gasteiger partial charge in [0.05, 0.1) is 10.6 Å². The summed E-state index contributed by atoms with van der Waals surface area (Å²) in [6, 6.07) is 13.5. The molecule has 0 aliphatic heterocycles. The molecular formula is C34H44N2O3. The van der Waals surface area contributed by atoms with Gasteiger partial charge in [-0.3, -0.25) is 14.9 Å². The Morgan fingerprint density at radius 1 is 0.744 bits per heavy atom. The van der Waals surface area contributed by atoms with Gasteiger partial charge in [0, 0.05) is 29.7 Å². The van der Waals surface area contributed by atoms with Crippen LogP contribution < -0.4 is 5.32 Å². The lowest BCUT2D eigenvalue weighted by Crippen LogP contribution is -2.12. The maximum absolute atomic E-state index is 12.5. The van der Waals surface area contributed by atoms with Crippen LogP contribution in [0.1, 0.15) is 121 Å². The van der Waals surface area contributed by atoms with Crippen LogP contribution in [0.4, 0.5) is 11.4 Å². The monoisotopic (exact) mass is 528 g/mol. The van der Waals surface area contributed by atoms with Gasteiger partial charge in [-0.05, 0) is 36.5 Å². The van der Waals surface area contributed by atoms with Crippen molar-refractivity contribution in [1.82, 2.24) is 0 Å². The van der Waals surface area contributed by atoms with Crippen molar-refractivity contribution in [2.24, 2.45) is 0 Å². The van der Waals surface area contributed by atoms with E-state index in [1.54, 1.807) is 12.1 Å². The number of hydrogen-bond acceptors (Lipinski definition) is 3. The lowest BCUT2D eigenvalue weighted by Gasteiger charge is -2.07. The summed E-state index contributed by atoms with van der Waals surface area (Å²) in [4.78, 5) is 22.9. The molecule has 0 radical (unpaired) electrons. The fourth-order valence-corrected chi connectivity index (χ4v) is 4.47. The molecule has 0 heterocycles. The molecule has 0 bridgehead atoms. The van der Waals surface area contributed by atoms with Crippen LogP contribution in [-0.2, 0) is 4.79 Å². The highest BCUT2D eigenvalue weighted by Crippen LogP contribution is 2.16. The van der Waals surface area contributed by atoms with Crippen LogP contribution >= 0.6 is 0 Å². The second kappa shape index (κ2) is 20.4. The smallest absolute Gasteiger partial charge is 0.270 e. The third-order valence-corrected chi connectivity index (χ3v) is 6.73. The van der Waals surface area contributed by atoms with Crippen molar-refractivity contribution in [3.05, 3.63) is 69.8 Å². The SMILES string of the molecule is CCCCCCCCCCCCCCCCCC(=O)Nc1ccccc1C#CC#Cc1cccc([N+](=O)[O-])c1. The molecule has 0 spiro atoms. The third-order valence-electron chi connectivity index (χ3n) is 6.73. The van der Waals surface area contributed by atoms with Gasteiger partial charge in [-0.1, -0.05) is 127 Å². The van der Waals surface area contributed by atoms with Crippen LogP contribution in [-0.4, -0.2) is 10.8 Å². The number of nitrogens with one attached hydrogen (secondary N) is 1. The summed E-state index contributed by atoms with van der Waals surface area (Å²) in [6.07, 6.45) is 20.0. The molecule has 0 saturated carbocycles. The molecule has 0 fully saturated rings. The second-order valence-electron chi connectivity index (χ2n) is 10.1. The number of benzene rings is 2. The Balaban J connectivity index is 1.60. The molecule has 2 aromatic carbocycles. The Labute approximate surface area is 235 Å². The predicted octanol–water partition coefficient (Wildman–Crippen LogP) is 9.20. The van der Waals surface area contributed by atoms with E-state index in [4.69, 9.17) is 0 Å². The number of rotatable bonds is 18. The zero-order valence-corrected chi connectivity index (χ0v) is 23.6. The maximum Gasteiger partial charge on any atom is 0.270 e. The molecule has 5 heteroatoms. The first-order valence-electron chi connectivity index (χ1n) is 14.8. The molecule has 0 unspecified atom stereocenters. The van der Waals surface area contributed by atoms with Crippen molar-refractivity contribution >= 4 is 17.3 Å². The zero-order valence-electron chi connectivity index (χ0n) is 23.6. The molecule has 2 rings (SSSR count). The number of nitrogens with zero attached hydrogens (tertiary/aromatic N) is 1. The Bertz CT molecular complexity index is 1130. The first kappa shape index (κ1) is 31.6. The van der Waals surface area contributed by atoms with Crippen LogP contribution in [0.3, 0.4) is 0 Å². The topological polar surface area (TPSA) is 72.2 Å². The molecule has 208 valence electrons. The first-order valence-corrected chi connectivity index (χ1v) is 14.8. The van der Waals surface area contributed by atoms with E-state index in [2.05, 4.69) is 35.9 Å². The van der Waals surface area contributed by atoms with Crippen LogP contribution in [0, 0.1) is 33.8 Å². The summed E-state index contributed by atoms with van der Waals surface area (Å²) < 4.78 is 0. The Morgan fingerprint density at radius 2 is 1.31 bits per heavy atom. The minimum absolute atomic E-state index is 0.00150. The normalized spacial score (nSPS) is 10.2. The molecule has 0 aliphatic rings. The number of nitro groups is 1. The zero-order chi connectivity index (χ0) is 28.0. The van der Waals surface area contributed by atoms with Crippen molar-refractivity contribution in [2.45, 2.75) is 110 Å². The first-order chi connectivity index (χ1) is 19.1. The van der Waals surface area contributed by atoms with Crippen LogP contribution in [0.15, 0.2) is 48.5 Å². The van der Waals surface area contributed by atoms with Gasteiger partial charge in [0.1, 0.15) is 0 Å². The van der Waals surface area contributed by atoms with Gasteiger partial charge in [0.15, 0.2) is 0 Å². The molecule has 2 aromatic rings. The van der Waals surface area contributed by atoms with E-state index in [9.17, 15) is 14.9 Å². The fraction of sp³-hybridized carbons (Fsp3) is 0.500. The van der Waals surface area contributed by atoms with Crippen molar-refractivity contribution < 1.29 is 9.72 Å². The van der Waals surface area contributed by atoms with E-state index in [1.807, 2.05) is 24.3 Å². The quantitative estimate of drug-likeness (QED) is 0.0907. The molecule has 39 heavy (non-hydrogen) atoms. The van der Waals surface area contributed by atoms with Gasteiger partial charge >= 0.3 is 0 Å². The second-order valence-corrected chi connectivity index (χ2v) is 10.1.